The molecular formula is C25H33N3O6S2. The average molecular weight is 536 g/mol. The van der Waals surface area contributed by atoms with E-state index in [0.717, 1.165) is 5.56 Å². The second kappa shape index (κ2) is 12.6. The van der Waals surface area contributed by atoms with Gasteiger partial charge in [-0.3, -0.25) is 0 Å². The molecule has 0 aromatic heterocycles. The van der Waals surface area contributed by atoms with Crippen LogP contribution in [0, 0.1) is 0 Å². The Hall–Kier alpha value is -3.28. The third-order valence-corrected chi connectivity index (χ3v) is 9.04. The van der Waals surface area contributed by atoms with Crippen LogP contribution in [0.25, 0.3) is 0 Å². The highest BCUT2D eigenvalue weighted by molar-refractivity contribution is 7.90. The largest absolute Gasteiger partial charge is 0.495 e. The van der Waals surface area contributed by atoms with Gasteiger partial charge in [0.15, 0.2) is 9.84 Å². The van der Waals surface area contributed by atoms with Crippen LogP contribution in [-0.4, -0.2) is 48.4 Å². The summed E-state index contributed by atoms with van der Waals surface area (Å²) >= 11 is 0. The monoisotopic (exact) mass is 535 g/mol. The number of nitrogens with two attached hydrogens (primary N) is 2. The number of anilines is 2. The number of hydrogen-bond acceptors (Lipinski definition) is 8. The van der Waals surface area contributed by atoms with Gasteiger partial charge in [0.1, 0.15) is 11.5 Å². The van der Waals surface area contributed by atoms with Crippen molar-refractivity contribution < 1.29 is 26.3 Å². The number of benzene rings is 3. The van der Waals surface area contributed by atoms with Gasteiger partial charge in [-0.05, 0) is 42.0 Å². The first-order chi connectivity index (χ1) is 17.0. The Balaban J connectivity index is 0.000000255. The van der Waals surface area contributed by atoms with Gasteiger partial charge in [-0.2, -0.15) is 4.31 Å². The molecule has 0 aliphatic rings. The number of methoxy groups -OCH3 is 2. The van der Waals surface area contributed by atoms with Crippen molar-refractivity contribution in [1.82, 2.24) is 4.31 Å². The number of ether oxygens (including phenoxy) is 2. The first-order valence-electron chi connectivity index (χ1n) is 11.1. The molecule has 0 fully saturated rings. The highest BCUT2D eigenvalue weighted by atomic mass is 32.2. The lowest BCUT2D eigenvalue weighted by Crippen LogP contribution is -2.30. The Morgan fingerprint density at radius 3 is 1.64 bits per heavy atom. The van der Waals surface area contributed by atoms with Crippen LogP contribution < -0.4 is 20.9 Å². The highest BCUT2D eigenvalue weighted by Crippen LogP contribution is 2.27. The summed E-state index contributed by atoms with van der Waals surface area (Å²) in [6, 6.07) is 18.0. The van der Waals surface area contributed by atoms with Gasteiger partial charge in [-0.15, -0.1) is 0 Å². The Bertz CT molecular complexity index is 1360. The third-order valence-electron chi connectivity index (χ3n) is 5.30. The summed E-state index contributed by atoms with van der Waals surface area (Å²) in [5.74, 6) is 0.904. The fourth-order valence-electron chi connectivity index (χ4n) is 3.37. The van der Waals surface area contributed by atoms with Crippen molar-refractivity contribution in [3.63, 3.8) is 0 Å². The maximum absolute atomic E-state index is 12.3. The molecule has 0 saturated heterocycles. The standard InChI is InChI=1S/C14H15NO3S.C11H18N2O3S/c1-18-14-8-7-12(9-13(14)15)19(16,17)10-11-5-3-2-4-6-11;1-4-13(5-2)17(14,15)9-6-7-11(16-3)10(12)8-9/h2-9H,10,15H2,1H3;6-8H,4-5,12H2,1-3H3. The summed E-state index contributed by atoms with van der Waals surface area (Å²) in [5, 5.41) is 0. The van der Waals surface area contributed by atoms with Crippen molar-refractivity contribution in [1.29, 1.82) is 0 Å². The molecule has 0 radical (unpaired) electrons. The molecule has 3 aromatic carbocycles. The molecule has 0 aliphatic heterocycles. The van der Waals surface area contributed by atoms with Crippen LogP contribution in [0.1, 0.15) is 19.4 Å². The molecule has 3 rings (SSSR count). The lowest BCUT2D eigenvalue weighted by atomic mass is 10.2. The zero-order chi connectivity index (χ0) is 26.9. The summed E-state index contributed by atoms with van der Waals surface area (Å²) < 4.78 is 60.3. The van der Waals surface area contributed by atoms with Crippen LogP contribution in [0.3, 0.4) is 0 Å². The molecule has 0 amide bonds. The van der Waals surface area contributed by atoms with Gasteiger partial charge >= 0.3 is 0 Å². The maximum Gasteiger partial charge on any atom is 0.243 e. The summed E-state index contributed by atoms with van der Waals surface area (Å²) in [6.07, 6.45) is 0. The first-order valence-corrected chi connectivity index (χ1v) is 14.2. The lowest BCUT2D eigenvalue weighted by Gasteiger charge is -2.18. The summed E-state index contributed by atoms with van der Waals surface area (Å²) in [6.45, 7) is 4.47. The molecule has 0 atom stereocenters. The van der Waals surface area contributed by atoms with E-state index < -0.39 is 19.9 Å². The quantitative estimate of drug-likeness (QED) is 0.396. The van der Waals surface area contributed by atoms with Crippen LogP contribution >= 0.6 is 0 Å². The van der Waals surface area contributed by atoms with E-state index in [9.17, 15) is 16.8 Å². The fraction of sp³-hybridized carbons (Fsp3) is 0.280. The Labute approximate surface area is 213 Å². The first kappa shape index (κ1) is 29.0. The molecule has 9 nitrogen and oxygen atoms in total. The predicted molar refractivity (Wildman–Crippen MR) is 142 cm³/mol. The Morgan fingerprint density at radius 2 is 1.19 bits per heavy atom. The summed E-state index contributed by atoms with van der Waals surface area (Å²) in [5.41, 5.74) is 12.8. The van der Waals surface area contributed by atoms with Crippen molar-refractivity contribution >= 4 is 31.2 Å². The minimum atomic E-state index is -3.45. The van der Waals surface area contributed by atoms with E-state index >= 15 is 0 Å². The average Bonchev–Trinajstić information content (AvgIpc) is 2.85. The van der Waals surface area contributed by atoms with Crippen molar-refractivity contribution in [2.45, 2.75) is 29.4 Å². The van der Waals surface area contributed by atoms with E-state index in [1.807, 2.05) is 18.2 Å². The van der Waals surface area contributed by atoms with Gasteiger partial charge in [0, 0.05) is 13.1 Å². The smallest absolute Gasteiger partial charge is 0.243 e. The molecule has 0 unspecified atom stereocenters. The van der Waals surface area contributed by atoms with E-state index in [1.165, 1.54) is 42.8 Å². The summed E-state index contributed by atoms with van der Waals surface area (Å²) in [4.78, 5) is 0.397. The molecule has 0 spiro atoms. The van der Waals surface area contributed by atoms with Gasteiger partial charge in [0.05, 0.1) is 41.1 Å². The minimum absolute atomic E-state index is 0.0421. The van der Waals surface area contributed by atoms with Crippen LogP contribution in [0.5, 0.6) is 11.5 Å². The van der Waals surface area contributed by atoms with Gasteiger partial charge in [-0.25, -0.2) is 16.8 Å². The van der Waals surface area contributed by atoms with E-state index in [2.05, 4.69) is 0 Å². The van der Waals surface area contributed by atoms with E-state index in [1.54, 1.807) is 38.1 Å². The molecule has 4 N–H and O–H groups in total. The SMILES string of the molecule is CCN(CC)S(=O)(=O)c1ccc(OC)c(N)c1.COc1ccc(S(=O)(=O)Cc2ccccc2)cc1N. The van der Waals surface area contributed by atoms with Crippen LogP contribution in [0.4, 0.5) is 11.4 Å². The number of sulfonamides is 1. The van der Waals surface area contributed by atoms with Crippen LogP contribution in [0.15, 0.2) is 76.5 Å². The number of nitrogen functional groups attached to an aromatic ring is 2. The molecular weight excluding hydrogens is 502 g/mol. The zero-order valence-corrected chi connectivity index (χ0v) is 22.5. The minimum Gasteiger partial charge on any atom is -0.495 e. The molecule has 11 heteroatoms. The molecule has 196 valence electrons. The van der Waals surface area contributed by atoms with Crippen molar-refractivity contribution in [2.75, 3.05) is 38.8 Å². The lowest BCUT2D eigenvalue weighted by molar-refractivity contribution is 0.416. The topological polar surface area (TPSA) is 142 Å². The Morgan fingerprint density at radius 1 is 0.722 bits per heavy atom. The summed E-state index contributed by atoms with van der Waals surface area (Å²) in [7, 11) is -3.87. The van der Waals surface area contributed by atoms with Crippen LogP contribution in [0.2, 0.25) is 0 Å². The molecule has 3 aromatic rings. The van der Waals surface area contributed by atoms with E-state index in [-0.39, 0.29) is 15.5 Å². The van der Waals surface area contributed by atoms with Crippen LogP contribution in [-0.2, 0) is 25.6 Å². The zero-order valence-electron chi connectivity index (χ0n) is 20.8. The maximum atomic E-state index is 12.3. The molecule has 0 saturated carbocycles. The number of rotatable bonds is 9. The third kappa shape index (κ3) is 7.12. The van der Waals surface area contributed by atoms with Gasteiger partial charge < -0.3 is 20.9 Å². The van der Waals surface area contributed by atoms with Gasteiger partial charge in [0.25, 0.3) is 0 Å². The van der Waals surface area contributed by atoms with E-state index in [4.69, 9.17) is 20.9 Å². The Kier molecular flexibility index (Phi) is 10.1. The normalized spacial score (nSPS) is 11.5. The highest BCUT2D eigenvalue weighted by Gasteiger charge is 2.22. The second-order valence-electron chi connectivity index (χ2n) is 7.64. The van der Waals surface area contributed by atoms with Gasteiger partial charge in [-0.1, -0.05) is 44.2 Å². The van der Waals surface area contributed by atoms with Crippen molar-refractivity contribution in [2.24, 2.45) is 0 Å². The predicted octanol–water partition coefficient (Wildman–Crippen LogP) is 3.56. The van der Waals surface area contributed by atoms with Crippen molar-refractivity contribution in [3.05, 3.63) is 72.3 Å². The fourth-order valence-corrected chi connectivity index (χ4v) is 6.24. The number of hydrogen-bond donors (Lipinski definition) is 2. The van der Waals surface area contributed by atoms with E-state index in [0.29, 0.717) is 36.0 Å². The van der Waals surface area contributed by atoms with Gasteiger partial charge in [0.2, 0.25) is 10.0 Å². The number of nitrogens with zero attached hydrogens (tertiary/aromatic N) is 1. The van der Waals surface area contributed by atoms with Crippen molar-refractivity contribution in [3.8, 4) is 11.5 Å². The molecule has 0 heterocycles. The number of sulfone groups is 1. The molecule has 0 aliphatic carbocycles. The molecule has 0 bridgehead atoms. The second-order valence-corrected chi connectivity index (χ2v) is 11.6. The molecule has 36 heavy (non-hydrogen) atoms.